The number of rotatable bonds is 7. The number of halogens is 1. The van der Waals surface area contributed by atoms with Crippen LogP contribution in [-0.2, 0) is 4.74 Å². The van der Waals surface area contributed by atoms with Crippen LogP contribution in [-0.4, -0.2) is 36.1 Å². The predicted molar refractivity (Wildman–Crippen MR) is 146 cm³/mol. The summed E-state index contributed by atoms with van der Waals surface area (Å²) in [6.07, 6.45) is 0. The third-order valence-electron chi connectivity index (χ3n) is 6.22. The number of ketones is 1. The maximum absolute atomic E-state index is 12.9. The summed E-state index contributed by atoms with van der Waals surface area (Å²) in [6, 6.07) is 23.0. The topological polar surface area (TPSA) is 107 Å². The molecule has 0 spiro atoms. The maximum Gasteiger partial charge on any atom is 0.343 e. The van der Waals surface area contributed by atoms with Crippen LogP contribution in [0, 0.1) is 6.92 Å². The van der Waals surface area contributed by atoms with E-state index >= 15 is 0 Å². The molecule has 0 N–H and O–H groups in total. The van der Waals surface area contributed by atoms with E-state index in [0.29, 0.717) is 16.3 Å². The second kappa shape index (κ2) is 11.0. The molecule has 0 aromatic heterocycles. The van der Waals surface area contributed by atoms with Crippen LogP contribution in [0.4, 0.5) is 5.69 Å². The van der Waals surface area contributed by atoms with Gasteiger partial charge in [-0.1, -0.05) is 29.3 Å². The largest absolute Gasteiger partial charge is 0.454 e. The minimum Gasteiger partial charge on any atom is -0.454 e. The lowest BCUT2D eigenvalue weighted by Gasteiger charge is -2.13. The Balaban J connectivity index is 1.20. The highest BCUT2D eigenvalue weighted by Gasteiger charge is 2.37. The lowest BCUT2D eigenvalue weighted by Crippen LogP contribution is -2.29. The standard InChI is InChI=1S/C31H20ClNO7/c1-18-2-4-20(5-3-18)31(38)40-24-13-6-19(7-14-24)27(34)17-39-30(37)21-8-15-25-26(16-21)29(36)33(28(25)35)23-11-9-22(32)10-12-23/h2-16H,17H2,1H3. The number of Topliss-reactive ketones (excluding diaryl/α,β-unsaturated/α-hetero) is 1. The fourth-order valence-corrected chi connectivity index (χ4v) is 4.18. The zero-order valence-electron chi connectivity index (χ0n) is 21.1. The summed E-state index contributed by atoms with van der Waals surface area (Å²) in [5, 5.41) is 0.456. The number of hydrogen-bond donors (Lipinski definition) is 0. The number of hydrogen-bond acceptors (Lipinski definition) is 7. The van der Waals surface area contributed by atoms with Crippen LogP contribution in [0.3, 0.4) is 0 Å². The van der Waals surface area contributed by atoms with E-state index in [9.17, 15) is 24.0 Å². The number of carbonyl (C=O) groups excluding carboxylic acids is 5. The molecule has 0 saturated carbocycles. The Morgan fingerprint density at radius 1 is 0.700 bits per heavy atom. The molecular weight excluding hydrogens is 534 g/mol. The third-order valence-corrected chi connectivity index (χ3v) is 6.47. The molecule has 0 fully saturated rings. The number of ether oxygens (including phenoxy) is 2. The monoisotopic (exact) mass is 553 g/mol. The Hall–Kier alpha value is -5.08. The van der Waals surface area contributed by atoms with Gasteiger partial charge in [-0.3, -0.25) is 14.4 Å². The van der Waals surface area contributed by atoms with Gasteiger partial charge in [-0.05, 0) is 85.8 Å². The Bertz CT molecular complexity index is 1660. The number of anilines is 1. The number of esters is 2. The lowest BCUT2D eigenvalue weighted by atomic mass is 10.1. The smallest absolute Gasteiger partial charge is 0.343 e. The summed E-state index contributed by atoms with van der Waals surface area (Å²) in [5.41, 5.74) is 2.22. The Morgan fingerprint density at radius 3 is 1.98 bits per heavy atom. The highest BCUT2D eigenvalue weighted by Crippen LogP contribution is 2.30. The Kier molecular flexibility index (Phi) is 7.27. The molecule has 9 heteroatoms. The van der Waals surface area contributed by atoms with Gasteiger partial charge in [0, 0.05) is 10.6 Å². The van der Waals surface area contributed by atoms with Gasteiger partial charge < -0.3 is 9.47 Å². The second-order valence-electron chi connectivity index (χ2n) is 8.96. The van der Waals surface area contributed by atoms with E-state index in [1.165, 1.54) is 42.5 Å². The van der Waals surface area contributed by atoms with Gasteiger partial charge in [0.05, 0.1) is 27.9 Å². The molecule has 0 unspecified atom stereocenters. The Labute approximate surface area is 233 Å². The Morgan fingerprint density at radius 2 is 1.30 bits per heavy atom. The van der Waals surface area contributed by atoms with Crippen molar-refractivity contribution in [1.29, 1.82) is 0 Å². The summed E-state index contributed by atoms with van der Waals surface area (Å²) < 4.78 is 10.5. The molecule has 1 aliphatic heterocycles. The van der Waals surface area contributed by atoms with E-state index in [4.69, 9.17) is 21.1 Å². The van der Waals surface area contributed by atoms with Crippen molar-refractivity contribution in [3.8, 4) is 5.75 Å². The van der Waals surface area contributed by atoms with E-state index in [2.05, 4.69) is 0 Å². The van der Waals surface area contributed by atoms with Gasteiger partial charge in [-0.2, -0.15) is 0 Å². The van der Waals surface area contributed by atoms with Crippen molar-refractivity contribution in [1.82, 2.24) is 0 Å². The zero-order chi connectivity index (χ0) is 28.4. The molecule has 1 heterocycles. The van der Waals surface area contributed by atoms with Crippen molar-refractivity contribution in [3.05, 3.63) is 129 Å². The minimum absolute atomic E-state index is 0.0176. The van der Waals surface area contributed by atoms with Crippen LogP contribution < -0.4 is 9.64 Å². The molecule has 1 aliphatic rings. The van der Waals surface area contributed by atoms with Crippen LogP contribution in [0.5, 0.6) is 5.75 Å². The summed E-state index contributed by atoms with van der Waals surface area (Å²) in [5.74, 6) is -2.69. The molecule has 0 saturated heterocycles. The summed E-state index contributed by atoms with van der Waals surface area (Å²) >= 11 is 5.90. The number of nitrogens with zero attached hydrogens (tertiary/aromatic N) is 1. The maximum atomic E-state index is 12.9. The number of benzene rings is 4. The van der Waals surface area contributed by atoms with E-state index in [1.807, 2.05) is 6.92 Å². The quantitative estimate of drug-likeness (QED) is 0.125. The molecule has 0 aliphatic carbocycles. The predicted octanol–water partition coefficient (Wildman–Crippen LogP) is 5.71. The normalized spacial score (nSPS) is 12.2. The molecule has 0 atom stereocenters. The van der Waals surface area contributed by atoms with Crippen molar-refractivity contribution in [2.45, 2.75) is 6.92 Å². The molecular formula is C31H20ClNO7. The fourth-order valence-electron chi connectivity index (χ4n) is 4.05. The average molecular weight is 554 g/mol. The molecule has 0 radical (unpaired) electrons. The van der Waals surface area contributed by atoms with Crippen molar-refractivity contribution in [2.75, 3.05) is 11.5 Å². The van der Waals surface area contributed by atoms with Crippen molar-refractivity contribution in [2.24, 2.45) is 0 Å². The van der Waals surface area contributed by atoms with Crippen LogP contribution >= 0.6 is 11.6 Å². The number of amides is 2. The average Bonchev–Trinajstić information content (AvgIpc) is 3.21. The van der Waals surface area contributed by atoms with Crippen LogP contribution in [0.25, 0.3) is 0 Å². The first kappa shape index (κ1) is 26.5. The van der Waals surface area contributed by atoms with E-state index < -0.39 is 36.1 Å². The van der Waals surface area contributed by atoms with Crippen LogP contribution in [0.2, 0.25) is 5.02 Å². The van der Waals surface area contributed by atoms with Gasteiger partial charge in [0.2, 0.25) is 0 Å². The van der Waals surface area contributed by atoms with Crippen LogP contribution in [0.1, 0.15) is 57.4 Å². The molecule has 198 valence electrons. The molecule has 4 aromatic rings. The molecule has 8 nitrogen and oxygen atoms in total. The number of carbonyl (C=O) groups is 5. The molecule has 0 bridgehead atoms. The molecule has 40 heavy (non-hydrogen) atoms. The molecule has 2 amide bonds. The second-order valence-corrected chi connectivity index (χ2v) is 9.40. The number of fused-ring (bicyclic) bond motifs is 1. The van der Waals surface area contributed by atoms with Gasteiger partial charge in [-0.15, -0.1) is 0 Å². The lowest BCUT2D eigenvalue weighted by molar-refractivity contribution is 0.0474. The highest BCUT2D eigenvalue weighted by molar-refractivity contribution is 6.35. The SMILES string of the molecule is Cc1ccc(C(=O)Oc2ccc(C(=O)COC(=O)c3ccc4c(c3)C(=O)N(c3ccc(Cl)cc3)C4=O)cc2)cc1. The fraction of sp³-hybridized carbons (Fsp3) is 0.0645. The van der Waals surface area contributed by atoms with Gasteiger partial charge >= 0.3 is 11.9 Å². The molecule has 5 rings (SSSR count). The minimum atomic E-state index is -0.829. The van der Waals surface area contributed by atoms with E-state index in [-0.39, 0.29) is 28.0 Å². The van der Waals surface area contributed by atoms with Gasteiger partial charge in [-0.25, -0.2) is 14.5 Å². The van der Waals surface area contributed by atoms with Crippen molar-refractivity contribution < 1.29 is 33.4 Å². The first-order valence-electron chi connectivity index (χ1n) is 12.1. The first-order chi connectivity index (χ1) is 19.2. The highest BCUT2D eigenvalue weighted by atomic mass is 35.5. The van der Waals surface area contributed by atoms with Crippen molar-refractivity contribution in [3.63, 3.8) is 0 Å². The summed E-state index contributed by atoms with van der Waals surface area (Å²) in [6.45, 7) is 1.36. The van der Waals surface area contributed by atoms with Gasteiger partial charge in [0.25, 0.3) is 11.8 Å². The van der Waals surface area contributed by atoms with Crippen LogP contribution in [0.15, 0.2) is 91.0 Å². The zero-order valence-corrected chi connectivity index (χ0v) is 21.8. The number of imide groups is 1. The first-order valence-corrected chi connectivity index (χ1v) is 12.5. The third kappa shape index (κ3) is 5.39. The van der Waals surface area contributed by atoms with Gasteiger partial charge in [0.15, 0.2) is 12.4 Å². The van der Waals surface area contributed by atoms with E-state index in [0.717, 1.165) is 10.5 Å². The number of aryl methyl sites for hydroxylation is 1. The summed E-state index contributed by atoms with van der Waals surface area (Å²) in [4.78, 5) is 64.2. The van der Waals surface area contributed by atoms with Crippen molar-refractivity contribution >= 4 is 46.8 Å². The van der Waals surface area contributed by atoms with E-state index in [1.54, 1.807) is 48.5 Å². The summed E-state index contributed by atoms with van der Waals surface area (Å²) in [7, 11) is 0. The molecule has 4 aromatic carbocycles. The van der Waals surface area contributed by atoms with Gasteiger partial charge in [0.1, 0.15) is 5.75 Å².